The molecule has 3 aliphatic rings. The lowest BCUT2D eigenvalue weighted by Gasteiger charge is -2.35. The zero-order valence-electron chi connectivity index (χ0n) is 28.4. The van der Waals surface area contributed by atoms with Crippen molar-refractivity contribution in [2.45, 2.75) is 109 Å². The third kappa shape index (κ3) is 12.5. The molecule has 3 unspecified atom stereocenters. The zero-order chi connectivity index (χ0) is 31.8. The second kappa shape index (κ2) is 15.5. The molecule has 1 aromatic carbocycles. The van der Waals surface area contributed by atoms with Gasteiger partial charge >= 0.3 is 20.8 Å². The Balaban J connectivity index is 0.000000557. The first-order chi connectivity index (χ1) is 20.2. The van der Waals surface area contributed by atoms with Crippen LogP contribution in [-0.2, 0) is 41.7 Å². The monoisotopic (exact) mass is 674 g/mol. The van der Waals surface area contributed by atoms with E-state index in [0.29, 0.717) is 32.3 Å². The molecule has 0 aliphatic carbocycles. The lowest BCUT2D eigenvalue weighted by Crippen LogP contribution is -2.63. The highest BCUT2D eigenvalue weighted by molar-refractivity contribution is 6.78. The Labute approximate surface area is 264 Å². The van der Waals surface area contributed by atoms with Crippen LogP contribution in [0.25, 0.3) is 0 Å². The van der Waals surface area contributed by atoms with Crippen LogP contribution in [-0.4, -0.2) is 96.9 Å². The van der Waals surface area contributed by atoms with Crippen LogP contribution in [0.1, 0.15) is 33.6 Å². The fourth-order valence-corrected chi connectivity index (χ4v) is 12.6. The van der Waals surface area contributed by atoms with E-state index >= 15 is 0 Å². The van der Waals surface area contributed by atoms with Crippen molar-refractivity contribution in [2.24, 2.45) is 0 Å². The van der Waals surface area contributed by atoms with E-state index in [9.17, 15) is 0 Å². The molecule has 9 nitrogen and oxygen atoms in total. The van der Waals surface area contributed by atoms with Crippen LogP contribution in [0.5, 0.6) is 0 Å². The minimum atomic E-state index is -3.64. The number of rotatable bonds is 20. The van der Waals surface area contributed by atoms with Gasteiger partial charge in [0.1, 0.15) is 19.8 Å². The summed E-state index contributed by atoms with van der Waals surface area (Å²) in [6, 6.07) is 13.4. The topological polar surface area (TPSA) is 93.0 Å². The van der Waals surface area contributed by atoms with Gasteiger partial charge in [0.15, 0.2) is 6.29 Å². The van der Waals surface area contributed by atoms with Crippen LogP contribution in [0.3, 0.4) is 0 Å². The zero-order valence-corrected chi connectivity index (χ0v) is 32.4. The average Bonchev–Trinajstić information content (AvgIpc) is 3.83. The van der Waals surface area contributed by atoms with Crippen LogP contribution in [0, 0.1) is 0 Å². The van der Waals surface area contributed by atoms with Gasteiger partial charge < -0.3 is 41.7 Å². The molecule has 0 bridgehead atoms. The van der Waals surface area contributed by atoms with Gasteiger partial charge in [0.25, 0.3) is 0 Å². The molecule has 0 radical (unpaired) electrons. The Morgan fingerprint density at radius 3 is 1.53 bits per heavy atom. The van der Waals surface area contributed by atoms with Crippen molar-refractivity contribution >= 4 is 38.2 Å². The molecule has 0 aromatic heterocycles. The number of methoxy groups -OCH3 is 1. The maximum atomic E-state index is 6.65. The van der Waals surface area contributed by atoms with E-state index in [2.05, 4.69) is 60.1 Å². The molecule has 0 saturated carbocycles. The summed E-state index contributed by atoms with van der Waals surface area (Å²) >= 11 is 0. The van der Waals surface area contributed by atoms with Crippen LogP contribution >= 0.6 is 0 Å². The van der Waals surface area contributed by atoms with E-state index in [1.165, 1.54) is 18.1 Å². The van der Waals surface area contributed by atoms with E-state index in [1.807, 2.05) is 30.3 Å². The van der Waals surface area contributed by atoms with Crippen molar-refractivity contribution in [3.63, 3.8) is 0 Å². The summed E-state index contributed by atoms with van der Waals surface area (Å²) in [5, 5.41) is 0.794. The highest BCUT2D eigenvalue weighted by atomic mass is 28.4. The van der Waals surface area contributed by atoms with Crippen molar-refractivity contribution in [3.8, 4) is 0 Å². The lowest BCUT2D eigenvalue weighted by molar-refractivity contribution is -0.231. The number of hydrogen-bond acceptors (Lipinski definition) is 9. The predicted octanol–water partition coefficient (Wildman–Crippen LogP) is 5.86. The molecule has 3 saturated heterocycles. The van der Waals surface area contributed by atoms with Gasteiger partial charge in [-0.25, -0.2) is 0 Å². The Bertz CT molecular complexity index is 928. The normalized spacial score (nSPS) is 26.3. The molecule has 3 aliphatic heterocycles. The summed E-state index contributed by atoms with van der Waals surface area (Å²) in [6.45, 7) is 21.8. The Morgan fingerprint density at radius 2 is 1.21 bits per heavy atom. The fraction of sp³-hybridized carbons (Fsp3) is 0.800. The number of benzene rings is 1. The number of epoxide rings is 3. The summed E-state index contributed by atoms with van der Waals surface area (Å²) in [6.07, 6.45) is 4.15. The van der Waals surface area contributed by atoms with Gasteiger partial charge in [-0.1, -0.05) is 121 Å². The van der Waals surface area contributed by atoms with Crippen LogP contribution < -0.4 is 5.19 Å². The summed E-state index contributed by atoms with van der Waals surface area (Å²) in [5.74, 6) is -2.36. The van der Waals surface area contributed by atoms with Crippen molar-refractivity contribution in [1.29, 1.82) is 0 Å². The molecule has 0 N–H and O–H groups in total. The summed E-state index contributed by atoms with van der Waals surface area (Å²) in [5.41, 5.74) is 0. The van der Waals surface area contributed by atoms with Crippen molar-refractivity contribution in [2.75, 3.05) is 45.6 Å². The van der Waals surface area contributed by atoms with Gasteiger partial charge in [-0.15, -0.1) is 0 Å². The maximum Gasteiger partial charge on any atom is 0.547 e. The molecule has 1 aromatic rings. The largest absolute Gasteiger partial charge is 0.547 e. The molecular weight excluding hydrogens is 617 g/mol. The Kier molecular flexibility index (Phi) is 13.4. The molecular formula is C30H58O9Si4. The van der Waals surface area contributed by atoms with E-state index in [0.717, 1.165) is 24.3 Å². The van der Waals surface area contributed by atoms with E-state index in [-0.39, 0.29) is 0 Å². The highest BCUT2D eigenvalue weighted by Crippen LogP contribution is 2.41. The third-order valence-electron chi connectivity index (χ3n) is 7.77. The quantitative estimate of drug-likeness (QED) is 0.0959. The van der Waals surface area contributed by atoms with Crippen molar-refractivity contribution in [1.82, 2.24) is 0 Å². The van der Waals surface area contributed by atoms with Crippen LogP contribution in [0.15, 0.2) is 30.3 Å². The average molecular weight is 675 g/mol. The Hall–Kier alpha value is -0.272. The fourth-order valence-electron chi connectivity index (χ4n) is 4.65. The first-order valence-corrected chi connectivity index (χ1v) is 27.9. The van der Waals surface area contributed by atoms with Gasteiger partial charge in [0, 0.05) is 31.0 Å². The van der Waals surface area contributed by atoms with E-state index in [1.54, 1.807) is 7.11 Å². The van der Waals surface area contributed by atoms with Gasteiger partial charge in [0.05, 0.1) is 24.2 Å². The molecule has 3 fully saturated rings. The molecule has 0 spiro atoms. The highest BCUT2D eigenvalue weighted by Gasteiger charge is 2.67. The van der Waals surface area contributed by atoms with Gasteiger partial charge in [-0.3, -0.25) is 0 Å². The molecule has 248 valence electrons. The SMILES string of the molecule is CCC[Si](C)(C)COC1(O[Si](OC2CO2)(OC2(OC[Si](C)(C)CCC)CO2)c2ccccc2)CO1.CC[Si](C)(C)COC. The van der Waals surface area contributed by atoms with Crippen LogP contribution in [0.4, 0.5) is 0 Å². The van der Waals surface area contributed by atoms with E-state index in [4.69, 9.17) is 41.7 Å². The molecule has 13 heteroatoms. The lowest BCUT2D eigenvalue weighted by atomic mass is 10.4. The first kappa shape index (κ1) is 37.2. The minimum absolute atomic E-state index is 0.328. The third-order valence-corrected chi connectivity index (χ3v) is 19.1. The van der Waals surface area contributed by atoms with Crippen LogP contribution in [0.2, 0.25) is 57.4 Å². The number of ether oxygens (including phenoxy) is 6. The smallest absolute Gasteiger partial charge is 0.388 e. The first-order valence-electron chi connectivity index (χ1n) is 16.0. The molecule has 43 heavy (non-hydrogen) atoms. The van der Waals surface area contributed by atoms with Gasteiger partial charge in [-0.2, -0.15) is 0 Å². The summed E-state index contributed by atoms with van der Waals surface area (Å²) < 4.78 is 54.3. The van der Waals surface area contributed by atoms with Crippen molar-refractivity contribution < 1.29 is 41.7 Å². The second-order valence-corrected chi connectivity index (χ2v) is 32.2. The summed E-state index contributed by atoms with van der Waals surface area (Å²) in [7, 11) is -5.84. The second-order valence-electron chi connectivity index (χ2n) is 14.3. The molecule has 3 heterocycles. The number of hydrogen-bond donors (Lipinski definition) is 0. The van der Waals surface area contributed by atoms with E-state index < -0.39 is 51.3 Å². The minimum Gasteiger partial charge on any atom is -0.388 e. The predicted molar refractivity (Wildman–Crippen MR) is 179 cm³/mol. The molecule has 4 rings (SSSR count). The van der Waals surface area contributed by atoms with Crippen molar-refractivity contribution in [3.05, 3.63) is 30.3 Å². The maximum absolute atomic E-state index is 6.65. The standard InChI is InChI=1S/C24H42O8Si3.C6H16OSi/c1-7-14-33(3,4)19-28-23(17-26-23)31-35(30-22-16-25-22,21-12-10-9-11-13-21)32-24(18-27-24)29-20-34(5,6)15-8-2;1-5-8(3,4)6-7-2/h9-13,22H,7-8,14-20H2,1-6H3;5-6H2,1-4H3. The molecule has 3 atom stereocenters. The molecule has 0 amide bonds. The van der Waals surface area contributed by atoms with Gasteiger partial charge in [0.2, 0.25) is 0 Å². The van der Waals surface area contributed by atoms with Gasteiger partial charge in [-0.05, 0) is 0 Å². The Morgan fingerprint density at radius 1 is 0.744 bits per heavy atom. The summed E-state index contributed by atoms with van der Waals surface area (Å²) in [4.78, 5) is 0.